The van der Waals surface area contributed by atoms with Crippen molar-refractivity contribution in [1.82, 2.24) is 9.55 Å². The van der Waals surface area contributed by atoms with Crippen LogP contribution in [0.5, 0.6) is 11.5 Å². The molecule has 0 spiro atoms. The Labute approximate surface area is 441 Å². The molecule has 374 valence electrons. The van der Waals surface area contributed by atoms with E-state index in [1.807, 2.05) is 6.20 Å². The zero-order chi connectivity index (χ0) is 52.4. The number of hydrogen-bond acceptors (Lipinski definition) is 4. The molecule has 11 rings (SSSR count). The third-order valence-corrected chi connectivity index (χ3v) is 15.7. The van der Waals surface area contributed by atoms with Crippen LogP contribution in [0.25, 0.3) is 49.9 Å². The van der Waals surface area contributed by atoms with Gasteiger partial charge in [0.2, 0.25) is 6.71 Å². The first-order chi connectivity index (χ1) is 34.8. The Bertz CT molecular complexity index is 3630. The number of rotatable bonds is 7. The van der Waals surface area contributed by atoms with Gasteiger partial charge in [-0.3, -0.25) is 4.57 Å². The van der Waals surface area contributed by atoms with Crippen molar-refractivity contribution in [3.05, 3.63) is 180 Å². The van der Waals surface area contributed by atoms with Crippen molar-refractivity contribution in [2.75, 3.05) is 16.5 Å². The molecule has 0 N–H and O–H groups in total. The number of anilines is 4. The first kappa shape index (κ1) is 49.2. The molecule has 0 saturated carbocycles. The molecule has 2 aliphatic rings. The van der Waals surface area contributed by atoms with E-state index in [2.05, 4.69) is 270 Å². The Morgan fingerprint density at radius 1 is 0.446 bits per heavy atom. The Hall–Kier alpha value is -7.05. The largest absolute Gasteiger partial charge is 0.457 e. The van der Waals surface area contributed by atoms with Crippen LogP contribution < -0.4 is 25.5 Å². The summed E-state index contributed by atoms with van der Waals surface area (Å²) in [5.74, 6) is 2.54. The molecule has 0 aliphatic carbocycles. The van der Waals surface area contributed by atoms with Crippen molar-refractivity contribution in [1.29, 1.82) is 0 Å². The fourth-order valence-electron chi connectivity index (χ4n) is 11.6. The SMILES string of the molecule is CC(C)(C)B1c2cccc3c2c2c1cc(Oc1cccc(N4CN(c5c(-c6ccccc6)cc(C(C)(C)C)cc5-c5cc(C(C)(C)C)cc(C(C)(C)C)c5)c5ccccc54)c1)cc2n3-c1cc(C(C)(C)C)ccn1. The van der Waals surface area contributed by atoms with Gasteiger partial charge in [0.1, 0.15) is 24.0 Å². The van der Waals surface area contributed by atoms with Crippen LogP contribution in [0.1, 0.15) is 126 Å². The molecular weight excluding hydrogens is 900 g/mol. The average Bonchev–Trinajstić information content (AvgIpc) is 4.05. The average molecular weight is 973 g/mol. The fourth-order valence-corrected chi connectivity index (χ4v) is 11.6. The van der Waals surface area contributed by atoms with Crippen LogP contribution in [0.3, 0.4) is 0 Å². The molecular formula is C68H73BN4O. The number of ether oxygens (including phenoxy) is 1. The molecule has 0 atom stereocenters. The topological polar surface area (TPSA) is 33.5 Å². The molecule has 7 aromatic carbocycles. The summed E-state index contributed by atoms with van der Waals surface area (Å²) in [4.78, 5) is 10.0. The minimum absolute atomic E-state index is 0.0202. The minimum Gasteiger partial charge on any atom is -0.457 e. The van der Waals surface area contributed by atoms with E-state index in [1.54, 1.807) is 0 Å². The van der Waals surface area contributed by atoms with Crippen LogP contribution in [0.15, 0.2) is 158 Å². The highest BCUT2D eigenvalue weighted by Gasteiger charge is 2.41. The maximum absolute atomic E-state index is 7.14. The maximum atomic E-state index is 7.14. The number of benzene rings is 7. The van der Waals surface area contributed by atoms with Gasteiger partial charge < -0.3 is 14.5 Å². The monoisotopic (exact) mass is 973 g/mol. The number of fused-ring (bicyclic) bond motifs is 1. The third-order valence-electron chi connectivity index (χ3n) is 15.7. The summed E-state index contributed by atoms with van der Waals surface area (Å²) < 4.78 is 9.50. The van der Waals surface area contributed by atoms with E-state index in [4.69, 9.17) is 9.72 Å². The van der Waals surface area contributed by atoms with Gasteiger partial charge in [0, 0.05) is 45.9 Å². The standard InChI is InChI=1S/C68H73BN4O/c1-64(2,3)45-31-32-70-60(38-45)73-58-30-22-27-54-61(58)62-55(69(54)68(13,14)15)40-51(41-59(62)73)74-50-26-21-25-49(39-50)71-42-72(57-29-20-19-28-56(57)71)63-52(43-23-17-16-18-24-43)36-48(67(10,11)12)37-53(63)44-33-46(65(4,5)6)35-47(34-44)66(7,8)9/h16-41H,42H2,1-15H3. The highest BCUT2D eigenvalue weighted by Crippen LogP contribution is 2.52. The highest BCUT2D eigenvalue weighted by atomic mass is 16.5. The van der Waals surface area contributed by atoms with Gasteiger partial charge in [0.25, 0.3) is 0 Å². The lowest BCUT2D eigenvalue weighted by Gasteiger charge is -2.31. The molecule has 2 aromatic heterocycles. The first-order valence-electron chi connectivity index (χ1n) is 26.7. The summed E-state index contributed by atoms with van der Waals surface area (Å²) in [6.07, 6.45) is 1.96. The van der Waals surface area contributed by atoms with Gasteiger partial charge in [-0.1, -0.05) is 199 Å². The van der Waals surface area contributed by atoms with Crippen molar-refractivity contribution in [3.63, 3.8) is 0 Å². The van der Waals surface area contributed by atoms with Gasteiger partial charge in [-0.15, -0.1) is 0 Å². The van der Waals surface area contributed by atoms with Crippen molar-refractivity contribution in [2.45, 2.75) is 131 Å². The van der Waals surface area contributed by atoms with Crippen LogP contribution >= 0.6 is 0 Å². The third kappa shape index (κ3) is 8.58. The summed E-state index contributed by atoms with van der Waals surface area (Å²) in [5, 5.41) is 2.61. The predicted molar refractivity (Wildman–Crippen MR) is 318 cm³/mol. The second kappa shape index (κ2) is 17.3. The van der Waals surface area contributed by atoms with Gasteiger partial charge in [-0.05, 0) is 116 Å². The molecule has 0 bridgehead atoms. The summed E-state index contributed by atoms with van der Waals surface area (Å²) >= 11 is 0. The molecule has 0 saturated heterocycles. The van der Waals surface area contributed by atoms with Crippen LogP contribution in [-0.4, -0.2) is 22.9 Å². The summed E-state index contributed by atoms with van der Waals surface area (Å²) in [7, 11) is 0. The first-order valence-corrected chi connectivity index (χ1v) is 26.7. The van der Waals surface area contributed by atoms with Gasteiger partial charge in [-0.25, -0.2) is 4.98 Å². The zero-order valence-corrected chi connectivity index (χ0v) is 46.5. The van der Waals surface area contributed by atoms with Crippen LogP contribution in [0, 0.1) is 0 Å². The van der Waals surface area contributed by atoms with Crippen LogP contribution in [0.2, 0.25) is 5.31 Å². The van der Waals surface area contributed by atoms with Gasteiger partial charge >= 0.3 is 0 Å². The van der Waals surface area contributed by atoms with Gasteiger partial charge in [0.05, 0.1) is 28.1 Å². The van der Waals surface area contributed by atoms with E-state index >= 15 is 0 Å². The minimum atomic E-state index is -0.0924. The normalized spacial score (nSPS) is 14.0. The zero-order valence-electron chi connectivity index (χ0n) is 46.5. The van der Waals surface area contributed by atoms with Crippen molar-refractivity contribution in [3.8, 4) is 39.6 Å². The second-order valence-electron chi connectivity index (χ2n) is 26.4. The van der Waals surface area contributed by atoms with Crippen LogP contribution in [-0.2, 0) is 21.7 Å². The second-order valence-corrected chi connectivity index (χ2v) is 26.4. The lowest BCUT2D eigenvalue weighted by Crippen LogP contribution is -2.46. The smallest absolute Gasteiger partial charge is 0.216 e. The fraction of sp³-hybridized carbons (Fsp3) is 0.309. The van der Waals surface area contributed by atoms with E-state index in [0.29, 0.717) is 6.67 Å². The Morgan fingerprint density at radius 3 is 1.66 bits per heavy atom. The predicted octanol–water partition coefficient (Wildman–Crippen LogP) is 17.5. The van der Waals surface area contributed by atoms with Crippen LogP contribution in [0.4, 0.5) is 22.7 Å². The van der Waals surface area contributed by atoms with Crippen molar-refractivity contribution in [2.24, 2.45) is 0 Å². The van der Waals surface area contributed by atoms with E-state index in [0.717, 1.165) is 34.2 Å². The van der Waals surface area contributed by atoms with E-state index in [9.17, 15) is 0 Å². The highest BCUT2D eigenvalue weighted by molar-refractivity contribution is 6.94. The Morgan fingerprint density at radius 2 is 1.03 bits per heavy atom. The van der Waals surface area contributed by atoms with Gasteiger partial charge in [0.15, 0.2) is 0 Å². The number of pyridine rings is 1. The molecule has 74 heavy (non-hydrogen) atoms. The molecule has 2 aliphatic heterocycles. The number of para-hydroxylation sites is 2. The van der Waals surface area contributed by atoms with E-state index in [1.165, 1.54) is 83.1 Å². The molecule has 0 fully saturated rings. The summed E-state index contributed by atoms with van der Waals surface area (Å²) in [5.41, 5.74) is 19.5. The van der Waals surface area contributed by atoms with Crippen molar-refractivity contribution >= 4 is 62.2 Å². The molecule has 6 heteroatoms. The maximum Gasteiger partial charge on any atom is 0.216 e. The molecule has 0 amide bonds. The number of nitrogens with zero attached hydrogens (tertiary/aromatic N) is 4. The lowest BCUT2D eigenvalue weighted by atomic mass is 9.30. The molecule has 0 radical (unpaired) electrons. The van der Waals surface area contributed by atoms with E-state index in [-0.39, 0.29) is 33.7 Å². The summed E-state index contributed by atoms with van der Waals surface area (Å²) in [6.45, 7) is 35.7. The van der Waals surface area contributed by atoms with Gasteiger partial charge in [-0.2, -0.15) is 0 Å². The van der Waals surface area contributed by atoms with E-state index < -0.39 is 0 Å². The molecule has 5 nitrogen and oxygen atoms in total. The van der Waals surface area contributed by atoms with Crippen molar-refractivity contribution < 1.29 is 4.74 Å². The molecule has 0 unspecified atom stereocenters. The number of hydrogen-bond donors (Lipinski definition) is 0. The lowest BCUT2D eigenvalue weighted by molar-refractivity contribution is 0.483. The Kier molecular flexibility index (Phi) is 11.5. The summed E-state index contributed by atoms with van der Waals surface area (Å²) in [6, 6.07) is 56.7. The molecule has 9 aromatic rings. The number of aromatic nitrogens is 2. The molecule has 4 heterocycles. The quantitative estimate of drug-likeness (QED) is 0.149. The Balaban J connectivity index is 1.05.